The van der Waals surface area contributed by atoms with E-state index in [-0.39, 0.29) is 43.0 Å². The molecule has 4 rings (SSSR count). The van der Waals surface area contributed by atoms with Gasteiger partial charge in [-0.1, -0.05) is 0 Å². The topological polar surface area (TPSA) is 61.9 Å². The van der Waals surface area contributed by atoms with Crippen LogP contribution in [0.1, 0.15) is 36.2 Å². The number of thiophene rings is 1. The lowest BCUT2D eigenvalue weighted by Crippen LogP contribution is -2.50. The Labute approximate surface area is 179 Å². The SMILES string of the molecule is CCNC(=O)N(CC(=O)N1CCc2sccc2[C@H]1COc1ccc(F)cc1)C1CC1. The number of nitrogens with one attached hydrogen (secondary N) is 1. The summed E-state index contributed by atoms with van der Waals surface area (Å²) in [6.07, 6.45) is 2.68. The smallest absolute Gasteiger partial charge is 0.318 e. The number of carbonyl (C=O) groups excluding carboxylic acids is 2. The Kier molecular flexibility index (Phi) is 6.22. The number of ether oxygens (including phenoxy) is 1. The summed E-state index contributed by atoms with van der Waals surface area (Å²) < 4.78 is 19.1. The fourth-order valence-corrected chi connectivity index (χ4v) is 4.75. The van der Waals surface area contributed by atoms with Gasteiger partial charge in [0.1, 0.15) is 24.7 Å². The lowest BCUT2D eigenvalue weighted by atomic mass is 10.0. The molecule has 3 amide bonds. The zero-order valence-electron chi connectivity index (χ0n) is 17.0. The molecule has 160 valence electrons. The van der Waals surface area contributed by atoms with Crippen molar-refractivity contribution in [3.8, 4) is 5.75 Å². The highest BCUT2D eigenvalue weighted by Crippen LogP contribution is 2.34. The summed E-state index contributed by atoms with van der Waals surface area (Å²) >= 11 is 1.69. The van der Waals surface area contributed by atoms with E-state index >= 15 is 0 Å². The van der Waals surface area contributed by atoms with Crippen LogP contribution in [0.4, 0.5) is 9.18 Å². The first kappa shape index (κ1) is 20.7. The van der Waals surface area contributed by atoms with E-state index in [4.69, 9.17) is 4.74 Å². The Bertz CT molecular complexity index is 897. The summed E-state index contributed by atoms with van der Waals surface area (Å²) in [5.41, 5.74) is 1.10. The minimum absolute atomic E-state index is 0.0716. The van der Waals surface area contributed by atoms with Crippen LogP contribution in [0.15, 0.2) is 35.7 Å². The molecule has 0 unspecified atom stereocenters. The van der Waals surface area contributed by atoms with E-state index in [0.29, 0.717) is 18.8 Å². The molecule has 1 fully saturated rings. The fraction of sp³-hybridized carbons (Fsp3) is 0.455. The number of fused-ring (bicyclic) bond motifs is 1. The summed E-state index contributed by atoms with van der Waals surface area (Å²) in [4.78, 5) is 30.4. The predicted octanol–water partition coefficient (Wildman–Crippen LogP) is 3.59. The number of hydrogen-bond donors (Lipinski definition) is 1. The van der Waals surface area contributed by atoms with Gasteiger partial charge in [-0.2, -0.15) is 0 Å². The van der Waals surface area contributed by atoms with Crippen molar-refractivity contribution in [1.82, 2.24) is 15.1 Å². The normalized spacial score (nSPS) is 17.9. The van der Waals surface area contributed by atoms with E-state index in [1.807, 2.05) is 23.3 Å². The van der Waals surface area contributed by atoms with Gasteiger partial charge in [0.25, 0.3) is 0 Å². The zero-order chi connectivity index (χ0) is 21.1. The number of nitrogens with zero attached hydrogens (tertiary/aromatic N) is 2. The largest absolute Gasteiger partial charge is 0.491 e. The highest BCUT2D eigenvalue weighted by molar-refractivity contribution is 7.10. The van der Waals surface area contributed by atoms with E-state index in [0.717, 1.165) is 24.8 Å². The number of halogens is 1. The molecular formula is C22H26FN3O3S. The van der Waals surface area contributed by atoms with Crippen LogP contribution in [0.25, 0.3) is 0 Å². The van der Waals surface area contributed by atoms with E-state index in [2.05, 4.69) is 5.32 Å². The monoisotopic (exact) mass is 431 g/mol. The van der Waals surface area contributed by atoms with Gasteiger partial charge >= 0.3 is 6.03 Å². The van der Waals surface area contributed by atoms with Crippen molar-refractivity contribution in [3.63, 3.8) is 0 Å². The average Bonchev–Trinajstić information content (AvgIpc) is 3.47. The molecule has 30 heavy (non-hydrogen) atoms. The lowest BCUT2D eigenvalue weighted by molar-refractivity contribution is -0.135. The maximum atomic E-state index is 13.3. The van der Waals surface area contributed by atoms with Gasteiger partial charge < -0.3 is 19.9 Å². The van der Waals surface area contributed by atoms with Gasteiger partial charge in [-0.25, -0.2) is 9.18 Å². The number of benzene rings is 1. The highest BCUT2D eigenvalue weighted by atomic mass is 32.1. The Balaban J connectivity index is 1.49. The van der Waals surface area contributed by atoms with Crippen molar-refractivity contribution in [2.75, 3.05) is 26.2 Å². The number of amides is 3. The van der Waals surface area contributed by atoms with Crippen LogP contribution in [0.2, 0.25) is 0 Å². The predicted molar refractivity (Wildman–Crippen MR) is 113 cm³/mol. The first-order chi connectivity index (χ1) is 14.6. The summed E-state index contributed by atoms with van der Waals surface area (Å²) in [6.45, 7) is 3.36. The molecule has 1 atom stereocenters. The third kappa shape index (κ3) is 4.59. The molecule has 2 aromatic rings. The van der Waals surface area contributed by atoms with Crippen LogP contribution in [0.5, 0.6) is 5.75 Å². The first-order valence-electron chi connectivity index (χ1n) is 10.4. The fourth-order valence-electron chi connectivity index (χ4n) is 3.82. The molecule has 1 saturated carbocycles. The third-order valence-corrected chi connectivity index (χ3v) is 6.52. The Morgan fingerprint density at radius 3 is 2.73 bits per heavy atom. The number of carbonyl (C=O) groups is 2. The van der Waals surface area contributed by atoms with Gasteiger partial charge in [-0.3, -0.25) is 4.79 Å². The Morgan fingerprint density at radius 2 is 2.03 bits per heavy atom. The molecule has 2 aliphatic rings. The van der Waals surface area contributed by atoms with Gasteiger partial charge in [0.15, 0.2) is 0 Å². The summed E-state index contributed by atoms with van der Waals surface area (Å²) in [7, 11) is 0. The van der Waals surface area contributed by atoms with Crippen LogP contribution in [-0.2, 0) is 11.2 Å². The molecule has 1 aromatic heterocycles. The Morgan fingerprint density at radius 1 is 1.27 bits per heavy atom. The van der Waals surface area contributed by atoms with E-state index in [1.54, 1.807) is 28.4 Å². The molecule has 0 bridgehead atoms. The first-order valence-corrected chi connectivity index (χ1v) is 11.2. The van der Waals surface area contributed by atoms with E-state index in [9.17, 15) is 14.0 Å². The maximum absolute atomic E-state index is 13.3. The molecule has 1 N–H and O–H groups in total. The van der Waals surface area contributed by atoms with Crippen LogP contribution >= 0.6 is 11.3 Å². The number of hydrogen-bond acceptors (Lipinski definition) is 4. The lowest BCUT2D eigenvalue weighted by Gasteiger charge is -2.37. The van der Waals surface area contributed by atoms with Crippen LogP contribution in [0, 0.1) is 5.82 Å². The molecule has 1 aliphatic heterocycles. The molecule has 6 nitrogen and oxygen atoms in total. The van der Waals surface area contributed by atoms with Gasteiger partial charge in [-0.05, 0) is 67.5 Å². The van der Waals surface area contributed by atoms with Crippen molar-refractivity contribution in [1.29, 1.82) is 0 Å². The quantitative estimate of drug-likeness (QED) is 0.729. The minimum atomic E-state index is -0.317. The maximum Gasteiger partial charge on any atom is 0.318 e. The average molecular weight is 432 g/mol. The summed E-state index contributed by atoms with van der Waals surface area (Å²) in [5.74, 6) is 0.174. The van der Waals surface area contributed by atoms with Crippen LogP contribution < -0.4 is 10.1 Å². The summed E-state index contributed by atoms with van der Waals surface area (Å²) in [5, 5.41) is 4.85. The second-order valence-corrected chi connectivity index (χ2v) is 8.61. The number of urea groups is 1. The van der Waals surface area contributed by atoms with Crippen molar-refractivity contribution >= 4 is 23.3 Å². The standard InChI is InChI=1S/C22H26FN3O3S/c1-2-24-22(28)26(16-5-6-16)13-21(27)25-11-9-20-18(10-12-30-20)19(25)14-29-17-7-3-15(23)4-8-17/h3-4,7-8,10,12,16,19H,2,5-6,9,11,13-14H2,1H3,(H,24,28)/t19-/m1/s1. The van der Waals surface area contributed by atoms with Crippen molar-refractivity contribution < 1.29 is 18.7 Å². The summed E-state index contributed by atoms with van der Waals surface area (Å²) in [6, 6.07) is 7.67. The molecule has 0 radical (unpaired) electrons. The van der Waals surface area contributed by atoms with Gasteiger partial charge in [0.2, 0.25) is 5.91 Å². The second-order valence-electron chi connectivity index (χ2n) is 7.61. The van der Waals surface area contributed by atoms with E-state index in [1.165, 1.54) is 17.0 Å². The molecule has 8 heteroatoms. The van der Waals surface area contributed by atoms with Crippen molar-refractivity contribution in [2.24, 2.45) is 0 Å². The van der Waals surface area contributed by atoms with Crippen molar-refractivity contribution in [2.45, 2.75) is 38.3 Å². The molecular weight excluding hydrogens is 405 g/mol. The van der Waals surface area contributed by atoms with Gasteiger partial charge in [-0.15, -0.1) is 11.3 Å². The van der Waals surface area contributed by atoms with Crippen LogP contribution in [-0.4, -0.2) is 54.0 Å². The number of rotatable bonds is 7. The zero-order valence-corrected chi connectivity index (χ0v) is 17.8. The molecule has 0 spiro atoms. The molecule has 1 aromatic carbocycles. The second kappa shape index (κ2) is 9.04. The van der Waals surface area contributed by atoms with Gasteiger partial charge in [0, 0.05) is 24.0 Å². The molecule has 2 heterocycles. The highest BCUT2D eigenvalue weighted by Gasteiger charge is 2.37. The van der Waals surface area contributed by atoms with Crippen LogP contribution in [0.3, 0.4) is 0 Å². The minimum Gasteiger partial charge on any atom is -0.491 e. The third-order valence-electron chi connectivity index (χ3n) is 5.52. The van der Waals surface area contributed by atoms with Crippen molar-refractivity contribution in [3.05, 3.63) is 52.0 Å². The molecule has 0 saturated heterocycles. The van der Waals surface area contributed by atoms with E-state index < -0.39 is 0 Å². The van der Waals surface area contributed by atoms with Gasteiger partial charge in [0.05, 0.1) is 6.04 Å². The Hall–Kier alpha value is -2.61. The molecule has 1 aliphatic carbocycles.